The fraction of sp³-hybridized carbons (Fsp3) is 0.154. The first kappa shape index (κ1) is 13.6. The zero-order valence-electron chi connectivity index (χ0n) is 10.1. The highest BCUT2D eigenvalue weighted by molar-refractivity contribution is 6.13. The summed E-state index contributed by atoms with van der Waals surface area (Å²) in [7, 11) is 1.18. The number of nitrogens with zero attached hydrogens (tertiary/aromatic N) is 1. The largest absolute Gasteiger partial charge is 0.512 e. The molecule has 0 heterocycles. The summed E-state index contributed by atoms with van der Waals surface area (Å²) in [4.78, 5) is 26.5. The Morgan fingerprint density at radius 2 is 1.89 bits per heavy atom. The lowest BCUT2D eigenvalue weighted by molar-refractivity contribution is -0.135. The maximum atomic E-state index is 11.6. The van der Waals surface area contributed by atoms with Gasteiger partial charge in [-0.1, -0.05) is 18.2 Å². The smallest absolute Gasteiger partial charge is 0.342 e. The Morgan fingerprint density at radius 1 is 1.28 bits per heavy atom. The van der Waals surface area contributed by atoms with Crippen LogP contribution in [-0.4, -0.2) is 30.3 Å². The number of aliphatic hydroxyl groups excluding tert-OH is 1. The number of carbonyl (C=O) groups excluding carboxylic acids is 2. The number of hydrogen-bond donors (Lipinski definition) is 1. The molecule has 0 aliphatic heterocycles. The topological polar surface area (TPSA) is 76.0 Å². The van der Waals surface area contributed by atoms with Gasteiger partial charge in [-0.25, -0.2) is 9.79 Å². The number of aliphatic imine (C=N–C) groups is 1. The number of hydrogen-bond acceptors (Lipinski definition) is 4. The minimum Gasteiger partial charge on any atom is -0.512 e. The molecule has 0 saturated carbocycles. The van der Waals surface area contributed by atoms with Crippen LogP contribution in [0.1, 0.15) is 17.3 Å². The molecule has 5 nitrogen and oxygen atoms in total. The Hall–Kier alpha value is -2.43. The van der Waals surface area contributed by atoms with Gasteiger partial charge in [0.05, 0.1) is 7.11 Å². The molecule has 18 heavy (non-hydrogen) atoms. The van der Waals surface area contributed by atoms with Gasteiger partial charge in [0.25, 0.3) is 5.91 Å². The summed E-state index contributed by atoms with van der Waals surface area (Å²) in [6.07, 6.45) is 0.997. The molecule has 0 unspecified atom stereocenters. The average Bonchev–Trinajstić information content (AvgIpc) is 2.39. The Kier molecular flexibility index (Phi) is 4.80. The van der Waals surface area contributed by atoms with Gasteiger partial charge in [-0.3, -0.25) is 4.79 Å². The number of esters is 1. The summed E-state index contributed by atoms with van der Waals surface area (Å²) in [6, 6.07) is 8.40. The lowest BCUT2D eigenvalue weighted by atomic mass is 10.2. The predicted octanol–water partition coefficient (Wildman–Crippen LogP) is 1.90. The molecule has 1 amide bonds. The lowest BCUT2D eigenvalue weighted by Gasteiger charge is -2.00. The van der Waals surface area contributed by atoms with Gasteiger partial charge >= 0.3 is 5.97 Å². The fourth-order valence-electron chi connectivity index (χ4n) is 1.18. The van der Waals surface area contributed by atoms with Crippen molar-refractivity contribution in [2.75, 3.05) is 7.11 Å². The molecular weight excluding hydrogens is 234 g/mol. The van der Waals surface area contributed by atoms with Gasteiger partial charge < -0.3 is 9.84 Å². The van der Waals surface area contributed by atoms with Gasteiger partial charge in [0.2, 0.25) is 0 Å². The first-order chi connectivity index (χ1) is 8.56. The first-order valence-corrected chi connectivity index (χ1v) is 5.18. The number of benzene rings is 1. The number of aliphatic hydroxyl groups is 1. The van der Waals surface area contributed by atoms with Crippen molar-refractivity contribution < 1.29 is 19.4 Å². The first-order valence-electron chi connectivity index (χ1n) is 5.18. The van der Waals surface area contributed by atoms with Gasteiger partial charge in [-0.2, -0.15) is 0 Å². The van der Waals surface area contributed by atoms with E-state index in [-0.39, 0.29) is 11.3 Å². The Bertz CT molecular complexity index is 499. The summed E-state index contributed by atoms with van der Waals surface area (Å²) < 4.78 is 4.45. The van der Waals surface area contributed by atoms with Gasteiger partial charge in [-0.05, 0) is 19.1 Å². The monoisotopic (exact) mass is 247 g/mol. The Labute approximate surface area is 104 Å². The highest BCUT2D eigenvalue weighted by Gasteiger charge is 2.11. The molecule has 0 saturated heterocycles. The van der Waals surface area contributed by atoms with Crippen LogP contribution in [0.25, 0.3) is 0 Å². The van der Waals surface area contributed by atoms with E-state index in [2.05, 4.69) is 9.73 Å². The van der Waals surface area contributed by atoms with Crippen molar-refractivity contribution in [2.24, 2.45) is 4.99 Å². The van der Waals surface area contributed by atoms with Crippen molar-refractivity contribution in [3.8, 4) is 0 Å². The number of ether oxygens (including phenoxy) is 1. The molecule has 1 N–H and O–H groups in total. The van der Waals surface area contributed by atoms with Crippen molar-refractivity contribution in [1.29, 1.82) is 0 Å². The van der Waals surface area contributed by atoms with Crippen LogP contribution in [0.15, 0.2) is 46.7 Å². The van der Waals surface area contributed by atoms with E-state index in [0.29, 0.717) is 5.56 Å². The number of amides is 1. The molecule has 5 heteroatoms. The molecule has 1 aromatic rings. The molecule has 0 aromatic heterocycles. The van der Waals surface area contributed by atoms with Crippen molar-refractivity contribution in [3.63, 3.8) is 0 Å². The van der Waals surface area contributed by atoms with Gasteiger partial charge in [0.1, 0.15) is 11.3 Å². The molecule has 0 fully saturated rings. The van der Waals surface area contributed by atoms with Crippen LogP contribution >= 0.6 is 0 Å². The second-order valence-corrected chi connectivity index (χ2v) is 3.42. The second-order valence-electron chi connectivity index (χ2n) is 3.42. The SMILES string of the molecule is COC(=O)/C(C=NC(=O)c1ccccc1)=C(/C)O. The van der Waals surface area contributed by atoms with Crippen LogP contribution in [0.5, 0.6) is 0 Å². The summed E-state index contributed by atoms with van der Waals surface area (Å²) in [6.45, 7) is 1.31. The maximum absolute atomic E-state index is 11.6. The summed E-state index contributed by atoms with van der Waals surface area (Å²) in [5.41, 5.74) is 0.246. The average molecular weight is 247 g/mol. The van der Waals surface area contributed by atoms with Crippen molar-refractivity contribution in [3.05, 3.63) is 47.2 Å². The fourth-order valence-corrected chi connectivity index (χ4v) is 1.18. The van der Waals surface area contributed by atoms with Gasteiger partial charge in [0.15, 0.2) is 0 Å². The van der Waals surface area contributed by atoms with Crippen LogP contribution < -0.4 is 0 Å². The van der Waals surface area contributed by atoms with E-state index in [4.69, 9.17) is 0 Å². The third-order valence-corrected chi connectivity index (χ3v) is 2.13. The van der Waals surface area contributed by atoms with Crippen LogP contribution in [0, 0.1) is 0 Å². The summed E-state index contributed by atoms with van der Waals surface area (Å²) in [5.74, 6) is -1.51. The number of allylic oxidation sites excluding steroid dienone is 1. The molecular formula is C13H13NO4. The van der Waals surface area contributed by atoms with E-state index < -0.39 is 11.9 Å². The second kappa shape index (κ2) is 6.34. The highest BCUT2D eigenvalue weighted by Crippen LogP contribution is 2.04. The normalized spacial score (nSPS) is 12.1. The molecule has 0 aliphatic rings. The molecule has 1 rings (SSSR count). The van der Waals surface area contributed by atoms with Gasteiger partial charge in [0, 0.05) is 11.8 Å². The Balaban J connectivity index is 2.90. The van der Waals surface area contributed by atoms with E-state index in [0.717, 1.165) is 6.21 Å². The van der Waals surface area contributed by atoms with Crippen LogP contribution in [0.2, 0.25) is 0 Å². The zero-order chi connectivity index (χ0) is 13.5. The molecule has 0 radical (unpaired) electrons. The number of rotatable bonds is 3. The summed E-state index contributed by atoms with van der Waals surface area (Å²) >= 11 is 0. The lowest BCUT2D eigenvalue weighted by Crippen LogP contribution is -2.09. The van der Waals surface area contributed by atoms with E-state index in [1.54, 1.807) is 30.3 Å². The van der Waals surface area contributed by atoms with E-state index in [1.165, 1.54) is 14.0 Å². The molecule has 1 aromatic carbocycles. The quantitative estimate of drug-likeness (QED) is 0.383. The molecule has 0 bridgehead atoms. The van der Waals surface area contributed by atoms with Crippen LogP contribution in [0.3, 0.4) is 0 Å². The third kappa shape index (κ3) is 3.55. The molecule has 94 valence electrons. The third-order valence-electron chi connectivity index (χ3n) is 2.13. The molecule has 0 aliphatic carbocycles. The number of carbonyl (C=O) groups is 2. The minimum absolute atomic E-state index is 0.151. The van der Waals surface area contributed by atoms with E-state index in [9.17, 15) is 14.7 Å². The minimum atomic E-state index is -0.750. The maximum Gasteiger partial charge on any atom is 0.342 e. The summed E-state index contributed by atoms with van der Waals surface area (Å²) in [5, 5.41) is 9.27. The predicted molar refractivity (Wildman–Crippen MR) is 66.6 cm³/mol. The van der Waals surface area contributed by atoms with Gasteiger partial charge in [-0.15, -0.1) is 0 Å². The van der Waals surface area contributed by atoms with Crippen LogP contribution in [-0.2, 0) is 9.53 Å². The zero-order valence-corrected chi connectivity index (χ0v) is 10.1. The standard InChI is InChI=1S/C13H13NO4/c1-9(15)11(13(17)18-2)8-14-12(16)10-6-4-3-5-7-10/h3-8,15H,1-2H3/b11-9-,14-8?. The Morgan fingerprint density at radius 3 is 2.39 bits per heavy atom. The van der Waals surface area contributed by atoms with Crippen molar-refractivity contribution in [2.45, 2.75) is 6.92 Å². The van der Waals surface area contributed by atoms with Crippen molar-refractivity contribution in [1.82, 2.24) is 0 Å². The molecule has 0 atom stereocenters. The molecule has 0 spiro atoms. The van der Waals surface area contributed by atoms with Crippen molar-refractivity contribution >= 4 is 18.1 Å². The highest BCUT2D eigenvalue weighted by atomic mass is 16.5. The van der Waals surface area contributed by atoms with E-state index in [1.807, 2.05) is 0 Å². The van der Waals surface area contributed by atoms with E-state index >= 15 is 0 Å². The number of methoxy groups -OCH3 is 1. The van der Waals surface area contributed by atoms with Crippen LogP contribution in [0.4, 0.5) is 0 Å².